The van der Waals surface area contributed by atoms with Gasteiger partial charge in [-0.25, -0.2) is 0 Å². The van der Waals surface area contributed by atoms with Gasteiger partial charge in [0.1, 0.15) is 5.78 Å². The Labute approximate surface area is 172 Å². The van der Waals surface area contributed by atoms with Crippen LogP contribution in [0.25, 0.3) is 0 Å². The first-order valence-corrected chi connectivity index (χ1v) is 12.0. The fourth-order valence-electron chi connectivity index (χ4n) is 8.58. The van der Waals surface area contributed by atoms with E-state index in [-0.39, 0.29) is 28.3 Å². The van der Waals surface area contributed by atoms with E-state index in [0.717, 1.165) is 38.5 Å². The van der Waals surface area contributed by atoms with E-state index in [9.17, 15) is 9.90 Å². The molecule has 0 aliphatic heterocycles. The quantitative estimate of drug-likeness (QED) is 0.687. The van der Waals surface area contributed by atoms with Gasteiger partial charge in [0.15, 0.2) is 0 Å². The number of methoxy groups -OCH3 is 1. The van der Waals surface area contributed by atoms with Crippen molar-refractivity contribution in [1.29, 1.82) is 0 Å². The molecule has 3 heteroatoms. The van der Waals surface area contributed by atoms with E-state index in [2.05, 4.69) is 27.7 Å². The van der Waals surface area contributed by atoms with Gasteiger partial charge < -0.3 is 9.84 Å². The van der Waals surface area contributed by atoms with Crippen molar-refractivity contribution < 1.29 is 14.6 Å². The van der Waals surface area contributed by atoms with Crippen LogP contribution >= 0.6 is 0 Å². The molecule has 2 bridgehead atoms. The Morgan fingerprint density at radius 3 is 2.29 bits per heavy atom. The van der Waals surface area contributed by atoms with Gasteiger partial charge in [0.2, 0.25) is 0 Å². The summed E-state index contributed by atoms with van der Waals surface area (Å²) in [5, 5.41) is 11.8. The molecule has 0 aromatic heterocycles. The Morgan fingerprint density at radius 2 is 1.64 bits per heavy atom. The fourth-order valence-corrected chi connectivity index (χ4v) is 8.58. The monoisotopic (exact) mass is 390 g/mol. The van der Waals surface area contributed by atoms with Crippen LogP contribution in [0.4, 0.5) is 0 Å². The number of hydrogen-bond donors (Lipinski definition) is 1. The molecule has 4 rings (SSSR count). The van der Waals surface area contributed by atoms with E-state index in [1.54, 1.807) is 0 Å². The fraction of sp³-hybridized carbons (Fsp3) is 0.960. The molecular weight excluding hydrogens is 348 g/mol. The number of hydrogen-bond acceptors (Lipinski definition) is 3. The van der Waals surface area contributed by atoms with Crippen LogP contribution in [0.2, 0.25) is 0 Å². The number of ether oxygens (including phenoxy) is 1. The first kappa shape index (κ1) is 20.8. The lowest BCUT2D eigenvalue weighted by Gasteiger charge is -2.62. The maximum absolute atomic E-state index is 14.1. The van der Waals surface area contributed by atoms with Crippen LogP contribution in [-0.4, -0.2) is 30.2 Å². The van der Waals surface area contributed by atoms with E-state index in [4.69, 9.17) is 4.74 Å². The molecule has 0 spiro atoms. The normalized spacial score (nSPS) is 52.8. The molecule has 0 radical (unpaired) electrons. The van der Waals surface area contributed by atoms with Crippen LogP contribution in [0, 0.1) is 39.9 Å². The summed E-state index contributed by atoms with van der Waals surface area (Å²) in [5.41, 5.74) is -0.530. The molecule has 8 atom stereocenters. The van der Waals surface area contributed by atoms with Crippen molar-refractivity contribution >= 4 is 5.78 Å². The van der Waals surface area contributed by atoms with Crippen molar-refractivity contribution in [3.05, 3.63) is 0 Å². The van der Waals surface area contributed by atoms with Gasteiger partial charge in [-0.3, -0.25) is 4.79 Å². The van der Waals surface area contributed by atoms with E-state index in [0.29, 0.717) is 30.0 Å². The SMILES string of the molecule is CO[C@@H]1CCC23CC[C@@H](C)[C@](C)(C12)[C@H](O)C[C@@](C)(C1CCCCC1)C(=O)[C@@H]3C. The highest BCUT2D eigenvalue weighted by molar-refractivity contribution is 5.88. The molecule has 28 heavy (non-hydrogen) atoms. The van der Waals surface area contributed by atoms with Crippen LogP contribution in [0.15, 0.2) is 0 Å². The molecule has 4 saturated carbocycles. The first-order chi connectivity index (χ1) is 13.2. The van der Waals surface area contributed by atoms with Gasteiger partial charge in [0.05, 0.1) is 12.2 Å². The molecule has 160 valence electrons. The zero-order valence-corrected chi connectivity index (χ0v) is 18.8. The van der Waals surface area contributed by atoms with Crippen LogP contribution < -0.4 is 0 Å². The third-order valence-corrected chi connectivity index (χ3v) is 10.6. The summed E-state index contributed by atoms with van der Waals surface area (Å²) >= 11 is 0. The second-order valence-corrected chi connectivity index (χ2v) is 11.4. The second kappa shape index (κ2) is 7.08. The van der Waals surface area contributed by atoms with Crippen LogP contribution in [0.3, 0.4) is 0 Å². The third-order valence-electron chi connectivity index (χ3n) is 10.6. The van der Waals surface area contributed by atoms with Gasteiger partial charge in [-0.15, -0.1) is 0 Å². The molecule has 4 aliphatic carbocycles. The number of rotatable bonds is 2. The Bertz CT molecular complexity index is 611. The van der Waals surface area contributed by atoms with Crippen molar-refractivity contribution in [2.45, 2.75) is 104 Å². The molecule has 4 aliphatic rings. The van der Waals surface area contributed by atoms with Gasteiger partial charge in [-0.05, 0) is 68.1 Å². The average molecular weight is 391 g/mol. The maximum atomic E-state index is 14.1. The summed E-state index contributed by atoms with van der Waals surface area (Å²) in [7, 11) is 1.83. The van der Waals surface area contributed by atoms with Crippen molar-refractivity contribution in [2.75, 3.05) is 7.11 Å². The number of Topliss-reactive ketones (excluding diaryl/α,β-unsaturated/α-hetero) is 1. The predicted octanol–water partition coefficient (Wildman–Crippen LogP) is 5.39. The highest BCUT2D eigenvalue weighted by Gasteiger charge is 2.68. The highest BCUT2D eigenvalue weighted by atomic mass is 16.5. The van der Waals surface area contributed by atoms with Gasteiger partial charge in [-0.2, -0.15) is 0 Å². The Balaban J connectivity index is 1.83. The number of carbonyl (C=O) groups is 1. The zero-order valence-electron chi connectivity index (χ0n) is 18.8. The lowest BCUT2D eigenvalue weighted by Crippen LogP contribution is -2.63. The molecule has 0 amide bonds. The zero-order chi connectivity index (χ0) is 20.3. The maximum Gasteiger partial charge on any atom is 0.142 e. The van der Waals surface area contributed by atoms with Crippen LogP contribution in [0.5, 0.6) is 0 Å². The van der Waals surface area contributed by atoms with Crippen LogP contribution in [0.1, 0.15) is 91.9 Å². The van der Waals surface area contributed by atoms with Crippen molar-refractivity contribution in [2.24, 2.45) is 39.9 Å². The average Bonchev–Trinajstić information content (AvgIpc) is 3.10. The predicted molar refractivity (Wildman–Crippen MR) is 112 cm³/mol. The van der Waals surface area contributed by atoms with Crippen molar-refractivity contribution in [3.63, 3.8) is 0 Å². The van der Waals surface area contributed by atoms with Crippen molar-refractivity contribution in [1.82, 2.24) is 0 Å². The smallest absolute Gasteiger partial charge is 0.142 e. The second-order valence-electron chi connectivity index (χ2n) is 11.4. The molecular formula is C25H42O3. The van der Waals surface area contributed by atoms with Gasteiger partial charge in [0, 0.05) is 23.9 Å². The minimum atomic E-state index is -0.425. The molecule has 0 saturated heterocycles. The summed E-state index contributed by atoms with van der Waals surface area (Å²) in [5.74, 6) is 1.73. The Kier molecular flexibility index (Phi) is 5.27. The van der Waals surface area contributed by atoms with E-state index in [1.165, 1.54) is 19.3 Å². The molecule has 0 aromatic carbocycles. The van der Waals surface area contributed by atoms with Gasteiger partial charge in [0.25, 0.3) is 0 Å². The standard InChI is InChI=1S/C25H42O3/c1-16-11-13-25-14-12-19(28-5)21(25)24(16,4)20(26)15-23(3,22(27)17(25)2)18-9-7-6-8-10-18/h16-21,26H,6-15H2,1-5H3/t16-,17+,19-,20-,21?,23+,24+,25?/m1/s1. The summed E-state index contributed by atoms with van der Waals surface area (Å²) in [6.07, 6.45) is 10.9. The van der Waals surface area contributed by atoms with Crippen LogP contribution in [-0.2, 0) is 9.53 Å². The first-order valence-electron chi connectivity index (χ1n) is 12.0. The minimum absolute atomic E-state index is 0.0103. The van der Waals surface area contributed by atoms with Gasteiger partial charge >= 0.3 is 0 Å². The Hall–Kier alpha value is -0.410. The summed E-state index contributed by atoms with van der Waals surface area (Å²) in [6, 6.07) is 0. The molecule has 0 aromatic rings. The topological polar surface area (TPSA) is 46.5 Å². The molecule has 2 unspecified atom stereocenters. The van der Waals surface area contributed by atoms with Crippen molar-refractivity contribution in [3.8, 4) is 0 Å². The molecule has 1 N–H and O–H groups in total. The Morgan fingerprint density at radius 1 is 1.00 bits per heavy atom. The lowest BCUT2D eigenvalue weighted by atomic mass is 9.43. The van der Waals surface area contributed by atoms with E-state index < -0.39 is 6.10 Å². The number of aliphatic hydroxyl groups is 1. The highest BCUT2D eigenvalue weighted by Crippen LogP contribution is 2.69. The van der Waals surface area contributed by atoms with Gasteiger partial charge in [-0.1, -0.05) is 47.0 Å². The number of aliphatic hydroxyl groups excluding tert-OH is 1. The molecule has 3 nitrogen and oxygen atoms in total. The lowest BCUT2D eigenvalue weighted by molar-refractivity contribution is -0.196. The van der Waals surface area contributed by atoms with E-state index >= 15 is 0 Å². The number of carbonyl (C=O) groups excluding carboxylic acids is 1. The summed E-state index contributed by atoms with van der Waals surface area (Å²) < 4.78 is 6.00. The summed E-state index contributed by atoms with van der Waals surface area (Å²) in [4.78, 5) is 14.1. The number of ketones is 1. The largest absolute Gasteiger partial charge is 0.393 e. The summed E-state index contributed by atoms with van der Waals surface area (Å²) in [6.45, 7) is 9.13. The molecule has 0 heterocycles. The minimum Gasteiger partial charge on any atom is -0.393 e. The third kappa shape index (κ3) is 2.64. The van der Waals surface area contributed by atoms with E-state index in [1.807, 2.05) is 7.11 Å². The molecule has 4 fully saturated rings.